The summed E-state index contributed by atoms with van der Waals surface area (Å²) in [6, 6.07) is 1.08. The predicted octanol–water partition coefficient (Wildman–Crippen LogP) is 0.0768. The van der Waals surface area contributed by atoms with Gasteiger partial charge in [-0.25, -0.2) is 0 Å². The number of hydrogen-bond donors (Lipinski definition) is 3. The lowest BCUT2D eigenvalue weighted by molar-refractivity contribution is -0.119. The van der Waals surface area contributed by atoms with Gasteiger partial charge in [-0.15, -0.1) is 0 Å². The maximum atomic E-state index is 11.1. The summed E-state index contributed by atoms with van der Waals surface area (Å²) >= 11 is 0. The number of primary amides is 1. The predicted molar refractivity (Wildman–Crippen MR) is 74.6 cm³/mol. The van der Waals surface area contributed by atoms with Crippen molar-refractivity contribution in [2.75, 3.05) is 26.2 Å². The van der Waals surface area contributed by atoms with Crippen LogP contribution >= 0.6 is 0 Å². The highest BCUT2D eigenvalue weighted by molar-refractivity contribution is 5.75. The molecule has 2 rings (SSSR count). The Labute approximate surface area is 115 Å². The van der Waals surface area contributed by atoms with Crippen molar-refractivity contribution in [2.45, 2.75) is 50.6 Å². The highest BCUT2D eigenvalue weighted by Crippen LogP contribution is 2.23. The van der Waals surface area contributed by atoms with Crippen molar-refractivity contribution in [3.63, 3.8) is 0 Å². The Kier molecular flexibility index (Phi) is 5.60. The molecule has 1 aliphatic heterocycles. The van der Waals surface area contributed by atoms with E-state index in [0.29, 0.717) is 24.5 Å². The van der Waals surface area contributed by atoms with Gasteiger partial charge in [0.25, 0.3) is 0 Å². The molecule has 2 fully saturated rings. The average Bonchev–Trinajstić information content (AvgIpc) is 2.81. The van der Waals surface area contributed by atoms with Gasteiger partial charge in [0.2, 0.25) is 5.91 Å². The Morgan fingerprint density at radius 3 is 2.63 bits per heavy atom. The normalized spacial score (nSPS) is 29.7. The molecule has 19 heavy (non-hydrogen) atoms. The first-order valence-corrected chi connectivity index (χ1v) is 7.55. The van der Waals surface area contributed by atoms with Gasteiger partial charge in [0.1, 0.15) is 0 Å². The van der Waals surface area contributed by atoms with Crippen LogP contribution in [0.3, 0.4) is 0 Å². The van der Waals surface area contributed by atoms with E-state index in [1.807, 2.05) is 0 Å². The Bertz CT molecular complexity index is 292. The number of aliphatic hydroxyl groups excluding tert-OH is 1. The van der Waals surface area contributed by atoms with Crippen molar-refractivity contribution in [1.82, 2.24) is 10.2 Å². The van der Waals surface area contributed by atoms with E-state index in [4.69, 9.17) is 10.8 Å². The van der Waals surface area contributed by atoms with Gasteiger partial charge in [-0.05, 0) is 31.6 Å². The molecule has 1 saturated carbocycles. The van der Waals surface area contributed by atoms with Crippen LogP contribution in [0.15, 0.2) is 0 Å². The molecule has 2 aliphatic rings. The molecule has 1 amide bonds. The number of rotatable bonds is 6. The molecule has 0 bridgehead atoms. The summed E-state index contributed by atoms with van der Waals surface area (Å²) < 4.78 is 0. The minimum absolute atomic E-state index is 0.227. The third-order valence-electron chi connectivity index (χ3n) is 4.36. The van der Waals surface area contributed by atoms with Gasteiger partial charge in [-0.1, -0.05) is 12.8 Å². The van der Waals surface area contributed by atoms with E-state index >= 15 is 0 Å². The van der Waals surface area contributed by atoms with Crippen LogP contribution in [0.2, 0.25) is 0 Å². The summed E-state index contributed by atoms with van der Waals surface area (Å²) in [4.78, 5) is 13.2. The zero-order chi connectivity index (χ0) is 13.7. The first-order chi connectivity index (χ1) is 9.17. The van der Waals surface area contributed by atoms with E-state index in [1.54, 1.807) is 0 Å². The molecule has 0 spiro atoms. The number of nitrogens with zero attached hydrogens (tertiary/aromatic N) is 1. The van der Waals surface area contributed by atoms with Crippen molar-refractivity contribution in [3.05, 3.63) is 0 Å². The second-order valence-corrected chi connectivity index (χ2v) is 6.12. The van der Waals surface area contributed by atoms with Gasteiger partial charge in [0, 0.05) is 31.8 Å². The van der Waals surface area contributed by atoms with Crippen molar-refractivity contribution >= 4 is 5.91 Å². The molecule has 1 heterocycles. The average molecular weight is 269 g/mol. The standard InChI is InChI=1S/C14H27N3O2/c15-14(19)10-17-8-11(5-6-18)7-13(9-17)16-12-3-1-2-4-12/h11-13,16,18H,1-10H2,(H2,15,19). The smallest absolute Gasteiger partial charge is 0.231 e. The first-order valence-electron chi connectivity index (χ1n) is 7.55. The fourth-order valence-corrected chi connectivity index (χ4v) is 3.59. The number of piperidine rings is 1. The summed E-state index contributed by atoms with van der Waals surface area (Å²) in [6.07, 6.45) is 7.13. The van der Waals surface area contributed by atoms with Crippen LogP contribution in [0, 0.1) is 5.92 Å². The fraction of sp³-hybridized carbons (Fsp3) is 0.929. The number of likely N-dealkylation sites (tertiary alicyclic amines) is 1. The van der Waals surface area contributed by atoms with E-state index in [-0.39, 0.29) is 12.5 Å². The molecular weight excluding hydrogens is 242 g/mol. The quantitative estimate of drug-likeness (QED) is 0.638. The summed E-state index contributed by atoms with van der Waals surface area (Å²) in [5.41, 5.74) is 5.30. The molecule has 1 saturated heterocycles. The summed E-state index contributed by atoms with van der Waals surface area (Å²) in [6.45, 7) is 2.35. The Balaban J connectivity index is 1.87. The van der Waals surface area contributed by atoms with Gasteiger partial charge in [-0.3, -0.25) is 9.69 Å². The number of carbonyl (C=O) groups is 1. The number of nitrogens with one attached hydrogen (secondary N) is 1. The molecule has 0 radical (unpaired) electrons. The molecule has 4 N–H and O–H groups in total. The first kappa shape index (κ1) is 14.8. The van der Waals surface area contributed by atoms with Crippen LogP contribution in [0.4, 0.5) is 0 Å². The minimum Gasteiger partial charge on any atom is -0.396 e. The second kappa shape index (κ2) is 7.22. The molecule has 2 unspecified atom stereocenters. The van der Waals surface area contributed by atoms with Gasteiger partial charge < -0.3 is 16.2 Å². The van der Waals surface area contributed by atoms with Crippen molar-refractivity contribution in [1.29, 1.82) is 0 Å². The molecule has 5 heteroatoms. The van der Waals surface area contributed by atoms with Crippen LogP contribution in [0.25, 0.3) is 0 Å². The highest BCUT2D eigenvalue weighted by Gasteiger charge is 2.29. The van der Waals surface area contributed by atoms with Crippen LogP contribution in [0.5, 0.6) is 0 Å². The lowest BCUT2D eigenvalue weighted by atomic mass is 9.91. The molecular formula is C14H27N3O2. The molecule has 2 atom stereocenters. The van der Waals surface area contributed by atoms with Crippen molar-refractivity contribution in [2.24, 2.45) is 11.7 Å². The lowest BCUT2D eigenvalue weighted by Crippen LogP contribution is -2.53. The van der Waals surface area contributed by atoms with Gasteiger partial charge >= 0.3 is 0 Å². The highest BCUT2D eigenvalue weighted by atomic mass is 16.3. The molecule has 5 nitrogen and oxygen atoms in total. The van der Waals surface area contributed by atoms with E-state index in [9.17, 15) is 4.79 Å². The zero-order valence-electron chi connectivity index (χ0n) is 11.7. The molecule has 0 aromatic carbocycles. The number of hydrogen-bond acceptors (Lipinski definition) is 4. The summed E-state index contributed by atoms with van der Waals surface area (Å²) in [5.74, 6) is 0.210. The molecule has 1 aliphatic carbocycles. The van der Waals surface area contributed by atoms with Crippen LogP contribution in [-0.2, 0) is 4.79 Å². The van der Waals surface area contributed by atoms with Gasteiger partial charge in [-0.2, -0.15) is 0 Å². The van der Waals surface area contributed by atoms with Gasteiger partial charge in [0.15, 0.2) is 0 Å². The van der Waals surface area contributed by atoms with Crippen LogP contribution in [0.1, 0.15) is 38.5 Å². The largest absolute Gasteiger partial charge is 0.396 e. The molecule has 110 valence electrons. The van der Waals surface area contributed by atoms with E-state index in [0.717, 1.165) is 25.9 Å². The topological polar surface area (TPSA) is 78.6 Å². The van der Waals surface area contributed by atoms with Crippen molar-refractivity contribution < 1.29 is 9.90 Å². The number of aliphatic hydroxyl groups is 1. The Morgan fingerprint density at radius 2 is 2.00 bits per heavy atom. The fourth-order valence-electron chi connectivity index (χ4n) is 3.59. The maximum Gasteiger partial charge on any atom is 0.231 e. The van der Waals surface area contributed by atoms with Crippen LogP contribution in [-0.4, -0.2) is 54.2 Å². The third kappa shape index (κ3) is 4.75. The van der Waals surface area contributed by atoms with E-state index in [2.05, 4.69) is 10.2 Å². The summed E-state index contributed by atoms with van der Waals surface area (Å²) in [5, 5.41) is 12.9. The van der Waals surface area contributed by atoms with E-state index < -0.39 is 0 Å². The molecule has 0 aromatic heterocycles. The van der Waals surface area contributed by atoms with Gasteiger partial charge in [0.05, 0.1) is 6.54 Å². The maximum absolute atomic E-state index is 11.1. The Morgan fingerprint density at radius 1 is 1.26 bits per heavy atom. The monoisotopic (exact) mass is 269 g/mol. The lowest BCUT2D eigenvalue weighted by Gasteiger charge is -2.38. The number of carbonyl (C=O) groups excluding carboxylic acids is 1. The second-order valence-electron chi connectivity index (χ2n) is 6.12. The number of nitrogens with two attached hydrogens (primary N) is 1. The minimum atomic E-state index is -0.260. The van der Waals surface area contributed by atoms with E-state index in [1.165, 1.54) is 25.7 Å². The SMILES string of the molecule is NC(=O)CN1CC(CCO)CC(NC2CCCC2)C1. The third-order valence-corrected chi connectivity index (χ3v) is 4.36. The number of amides is 1. The zero-order valence-corrected chi connectivity index (χ0v) is 11.7. The Hall–Kier alpha value is -0.650. The van der Waals surface area contributed by atoms with Crippen molar-refractivity contribution in [3.8, 4) is 0 Å². The van der Waals surface area contributed by atoms with Crippen LogP contribution < -0.4 is 11.1 Å². The molecule has 0 aromatic rings. The summed E-state index contributed by atoms with van der Waals surface area (Å²) in [7, 11) is 0.